The molecule has 3 rings (SSSR count). The molecule has 2 aromatic rings. The third kappa shape index (κ3) is 1.74. The van der Waals surface area contributed by atoms with Crippen molar-refractivity contribution in [1.82, 2.24) is 0 Å². The van der Waals surface area contributed by atoms with E-state index >= 15 is 0 Å². The van der Waals surface area contributed by atoms with Crippen LogP contribution >= 0.6 is 0 Å². The molecule has 0 unspecified atom stereocenters. The number of carbonyl (C=O) groups excluding carboxylic acids is 1. The molecule has 0 saturated heterocycles. The Kier molecular flexibility index (Phi) is 2.52. The first-order chi connectivity index (χ1) is 8.75. The molecule has 0 atom stereocenters. The Bertz CT molecular complexity index is 656. The van der Waals surface area contributed by atoms with Gasteiger partial charge < -0.3 is 9.47 Å². The van der Waals surface area contributed by atoms with Gasteiger partial charge in [-0.05, 0) is 12.1 Å². The number of carbonyl (C=O) groups is 1. The van der Waals surface area contributed by atoms with Crippen LogP contribution in [0.15, 0.2) is 36.4 Å². The number of benzene rings is 2. The Balaban J connectivity index is 2.30. The highest BCUT2D eigenvalue weighted by Crippen LogP contribution is 2.38. The molecule has 3 heteroatoms. The van der Waals surface area contributed by atoms with E-state index in [0.717, 1.165) is 22.1 Å². The van der Waals surface area contributed by atoms with Crippen LogP contribution in [0.1, 0.15) is 12.5 Å². The van der Waals surface area contributed by atoms with E-state index in [-0.39, 0.29) is 5.97 Å². The van der Waals surface area contributed by atoms with Crippen molar-refractivity contribution in [2.45, 2.75) is 6.92 Å². The molecule has 3 nitrogen and oxygen atoms in total. The summed E-state index contributed by atoms with van der Waals surface area (Å²) < 4.78 is 10.9. The second-order valence-electron chi connectivity index (χ2n) is 4.15. The SMILES string of the molecule is CC(=O)Oc1cc2c(c3ccccc13)OCC=C2. The van der Waals surface area contributed by atoms with Gasteiger partial charge in [-0.2, -0.15) is 0 Å². The molecular weight excluding hydrogens is 228 g/mol. The lowest BCUT2D eigenvalue weighted by Gasteiger charge is -2.17. The van der Waals surface area contributed by atoms with E-state index in [1.54, 1.807) is 0 Å². The van der Waals surface area contributed by atoms with Crippen LogP contribution in [-0.4, -0.2) is 12.6 Å². The van der Waals surface area contributed by atoms with Crippen LogP contribution in [0.5, 0.6) is 11.5 Å². The van der Waals surface area contributed by atoms with Gasteiger partial charge in [0, 0.05) is 23.3 Å². The minimum atomic E-state index is -0.319. The number of fused-ring (bicyclic) bond motifs is 3. The summed E-state index contributed by atoms with van der Waals surface area (Å²) in [6, 6.07) is 9.60. The first kappa shape index (κ1) is 10.8. The molecule has 1 aliphatic rings. The molecule has 1 aliphatic heterocycles. The van der Waals surface area contributed by atoms with Crippen LogP contribution in [0.4, 0.5) is 0 Å². The van der Waals surface area contributed by atoms with Gasteiger partial charge in [0.15, 0.2) is 0 Å². The van der Waals surface area contributed by atoms with Crippen LogP contribution in [0.25, 0.3) is 16.8 Å². The van der Waals surface area contributed by atoms with Gasteiger partial charge in [0.05, 0.1) is 0 Å². The molecule has 2 aromatic carbocycles. The first-order valence-electron chi connectivity index (χ1n) is 5.79. The maximum atomic E-state index is 11.2. The van der Waals surface area contributed by atoms with Gasteiger partial charge in [0.2, 0.25) is 0 Å². The van der Waals surface area contributed by atoms with Gasteiger partial charge in [-0.15, -0.1) is 0 Å². The highest BCUT2D eigenvalue weighted by Gasteiger charge is 2.15. The van der Waals surface area contributed by atoms with E-state index in [9.17, 15) is 4.79 Å². The molecule has 0 aromatic heterocycles. The second-order valence-corrected chi connectivity index (χ2v) is 4.15. The number of esters is 1. The van der Waals surface area contributed by atoms with Crippen LogP contribution < -0.4 is 9.47 Å². The van der Waals surface area contributed by atoms with Gasteiger partial charge in [-0.1, -0.05) is 30.3 Å². The Morgan fingerprint density at radius 2 is 2.06 bits per heavy atom. The van der Waals surface area contributed by atoms with Crippen molar-refractivity contribution in [3.8, 4) is 11.5 Å². The van der Waals surface area contributed by atoms with Crippen molar-refractivity contribution in [1.29, 1.82) is 0 Å². The van der Waals surface area contributed by atoms with Crippen molar-refractivity contribution in [2.24, 2.45) is 0 Å². The zero-order chi connectivity index (χ0) is 12.5. The molecular formula is C15H12O3. The standard InChI is InChI=1S/C15H12O3/c1-10(16)18-14-9-11-5-4-8-17-15(11)13-7-3-2-6-12(13)14/h2-7,9H,8H2,1H3. The Labute approximate surface area is 105 Å². The fourth-order valence-corrected chi connectivity index (χ4v) is 2.17. The Hall–Kier alpha value is -2.29. The van der Waals surface area contributed by atoms with Crippen molar-refractivity contribution in [3.05, 3.63) is 42.0 Å². The lowest BCUT2D eigenvalue weighted by molar-refractivity contribution is -0.131. The van der Waals surface area contributed by atoms with Crippen LogP contribution in [-0.2, 0) is 4.79 Å². The molecule has 0 radical (unpaired) electrons. The molecule has 0 N–H and O–H groups in total. The van der Waals surface area contributed by atoms with E-state index in [0.29, 0.717) is 12.4 Å². The third-order valence-corrected chi connectivity index (χ3v) is 2.86. The van der Waals surface area contributed by atoms with Crippen LogP contribution in [0.3, 0.4) is 0 Å². The van der Waals surface area contributed by atoms with E-state index < -0.39 is 0 Å². The number of ether oxygens (including phenoxy) is 2. The largest absolute Gasteiger partial charge is 0.488 e. The second kappa shape index (κ2) is 4.18. The number of rotatable bonds is 1. The predicted octanol–water partition coefficient (Wildman–Crippen LogP) is 3.17. The summed E-state index contributed by atoms with van der Waals surface area (Å²) in [6.07, 6.45) is 3.92. The predicted molar refractivity (Wildman–Crippen MR) is 69.8 cm³/mol. The molecule has 0 spiro atoms. The summed E-state index contributed by atoms with van der Waals surface area (Å²) in [4.78, 5) is 11.2. The Morgan fingerprint density at radius 3 is 2.83 bits per heavy atom. The van der Waals surface area contributed by atoms with Gasteiger partial charge >= 0.3 is 5.97 Å². The molecule has 0 amide bonds. The average molecular weight is 240 g/mol. The van der Waals surface area contributed by atoms with E-state index in [1.165, 1.54) is 6.92 Å². The summed E-state index contributed by atoms with van der Waals surface area (Å²) in [5, 5.41) is 1.86. The summed E-state index contributed by atoms with van der Waals surface area (Å²) in [5.74, 6) is 1.11. The highest BCUT2D eigenvalue weighted by atomic mass is 16.5. The lowest BCUT2D eigenvalue weighted by Crippen LogP contribution is -2.05. The highest BCUT2D eigenvalue weighted by molar-refractivity contribution is 5.97. The van der Waals surface area contributed by atoms with Gasteiger partial charge in [0.25, 0.3) is 0 Å². The van der Waals surface area contributed by atoms with E-state index in [2.05, 4.69) is 0 Å². The maximum absolute atomic E-state index is 11.2. The minimum Gasteiger partial charge on any atom is -0.488 e. The average Bonchev–Trinajstić information content (AvgIpc) is 2.38. The number of hydrogen-bond acceptors (Lipinski definition) is 3. The summed E-state index contributed by atoms with van der Waals surface area (Å²) in [7, 11) is 0. The topological polar surface area (TPSA) is 35.5 Å². The van der Waals surface area contributed by atoms with Crippen molar-refractivity contribution in [2.75, 3.05) is 6.61 Å². The van der Waals surface area contributed by atoms with E-state index in [1.807, 2.05) is 42.5 Å². The van der Waals surface area contributed by atoms with Crippen molar-refractivity contribution < 1.29 is 14.3 Å². The number of hydrogen-bond donors (Lipinski definition) is 0. The fraction of sp³-hybridized carbons (Fsp3) is 0.133. The first-order valence-corrected chi connectivity index (χ1v) is 5.79. The minimum absolute atomic E-state index is 0.319. The normalized spacial score (nSPS) is 12.9. The van der Waals surface area contributed by atoms with Crippen LogP contribution in [0, 0.1) is 0 Å². The summed E-state index contributed by atoms with van der Waals surface area (Å²) in [5.41, 5.74) is 0.941. The van der Waals surface area contributed by atoms with E-state index in [4.69, 9.17) is 9.47 Å². The molecule has 0 bridgehead atoms. The molecule has 0 saturated carbocycles. The quantitative estimate of drug-likeness (QED) is 0.567. The molecule has 1 heterocycles. The Morgan fingerprint density at radius 1 is 1.28 bits per heavy atom. The molecule has 90 valence electrons. The zero-order valence-electron chi connectivity index (χ0n) is 9.97. The van der Waals surface area contributed by atoms with Crippen molar-refractivity contribution in [3.63, 3.8) is 0 Å². The molecule has 0 fully saturated rings. The van der Waals surface area contributed by atoms with Gasteiger partial charge in [0.1, 0.15) is 18.1 Å². The zero-order valence-corrected chi connectivity index (χ0v) is 9.97. The summed E-state index contributed by atoms with van der Waals surface area (Å²) >= 11 is 0. The lowest BCUT2D eigenvalue weighted by atomic mass is 10.0. The fourth-order valence-electron chi connectivity index (χ4n) is 2.17. The maximum Gasteiger partial charge on any atom is 0.308 e. The van der Waals surface area contributed by atoms with Gasteiger partial charge in [-0.3, -0.25) is 4.79 Å². The molecule has 0 aliphatic carbocycles. The van der Waals surface area contributed by atoms with Crippen LogP contribution in [0.2, 0.25) is 0 Å². The summed E-state index contributed by atoms with van der Waals surface area (Å²) in [6.45, 7) is 1.98. The van der Waals surface area contributed by atoms with Gasteiger partial charge in [-0.25, -0.2) is 0 Å². The smallest absolute Gasteiger partial charge is 0.308 e. The monoisotopic (exact) mass is 240 g/mol. The molecule has 18 heavy (non-hydrogen) atoms. The van der Waals surface area contributed by atoms with Crippen molar-refractivity contribution >= 4 is 22.8 Å². The third-order valence-electron chi connectivity index (χ3n) is 2.86.